The summed E-state index contributed by atoms with van der Waals surface area (Å²) in [4.78, 5) is 35.2. The summed E-state index contributed by atoms with van der Waals surface area (Å²) in [6.07, 6.45) is 1.39. The number of nitrogens with zero attached hydrogens (tertiary/aromatic N) is 4. The first-order valence-electron chi connectivity index (χ1n) is 11.3. The van der Waals surface area contributed by atoms with Crippen molar-refractivity contribution in [2.75, 3.05) is 47.0 Å². The topological polar surface area (TPSA) is 102 Å². The predicted octanol–water partition coefficient (Wildman–Crippen LogP) is 4.85. The van der Waals surface area contributed by atoms with E-state index in [0.717, 1.165) is 0 Å². The van der Waals surface area contributed by atoms with Crippen LogP contribution >= 0.6 is 11.6 Å². The van der Waals surface area contributed by atoms with Gasteiger partial charge in [0, 0.05) is 50.2 Å². The van der Waals surface area contributed by atoms with Gasteiger partial charge in [0.25, 0.3) is 5.91 Å². The second-order valence-corrected chi connectivity index (χ2v) is 8.65. The number of aromatic nitrogens is 2. The van der Waals surface area contributed by atoms with Crippen molar-refractivity contribution < 1.29 is 18.4 Å². The van der Waals surface area contributed by atoms with E-state index in [1.807, 2.05) is 4.90 Å². The molecule has 2 amide bonds. The van der Waals surface area contributed by atoms with Gasteiger partial charge in [-0.25, -0.2) is 13.8 Å². The van der Waals surface area contributed by atoms with Gasteiger partial charge in [-0.3, -0.25) is 9.59 Å². The van der Waals surface area contributed by atoms with Crippen LogP contribution in [0.2, 0.25) is 5.02 Å². The maximum atomic E-state index is 14.9. The van der Waals surface area contributed by atoms with Crippen LogP contribution in [0.15, 0.2) is 61.1 Å². The normalized spacial score (nSPS) is 13.2. The standard InChI is InChI=1S/C25H24ClF2N7O2/c1-15(27)24(37)31-18-5-3-4-17(12-18)30-23-20(26)14-29-25(33-23)32-19-6-7-22(21(28)13-19)35-10-8-34(9-11-35)16(2)36/h3-7,12-14H,1,8-11H2,2H3,(H,31,37)(H2,29,30,32,33). The molecule has 1 aromatic heterocycles. The van der Waals surface area contributed by atoms with Gasteiger partial charge >= 0.3 is 0 Å². The SMILES string of the molecule is C=C(F)C(=O)Nc1cccc(Nc2nc(Nc3ccc(N4CCN(C(C)=O)CC4)c(F)c3)ncc2Cl)c1. The molecule has 2 aromatic carbocycles. The fourth-order valence-electron chi connectivity index (χ4n) is 3.76. The van der Waals surface area contributed by atoms with Crippen LogP contribution in [0.1, 0.15) is 6.92 Å². The first-order chi connectivity index (χ1) is 17.7. The molecular weight excluding hydrogens is 504 g/mol. The third kappa shape index (κ3) is 6.50. The smallest absolute Gasteiger partial charge is 0.283 e. The summed E-state index contributed by atoms with van der Waals surface area (Å²) in [5, 5.41) is 8.58. The lowest BCUT2D eigenvalue weighted by molar-refractivity contribution is -0.129. The van der Waals surface area contributed by atoms with Crippen molar-refractivity contribution in [1.29, 1.82) is 0 Å². The number of rotatable bonds is 7. The molecule has 0 bridgehead atoms. The van der Waals surface area contributed by atoms with Gasteiger partial charge < -0.3 is 25.8 Å². The highest BCUT2D eigenvalue weighted by atomic mass is 35.5. The number of amides is 2. The van der Waals surface area contributed by atoms with Gasteiger partial charge in [0.1, 0.15) is 10.8 Å². The zero-order chi connectivity index (χ0) is 26.5. The lowest BCUT2D eigenvalue weighted by Gasteiger charge is -2.35. The number of anilines is 6. The minimum atomic E-state index is -1.10. The average Bonchev–Trinajstić information content (AvgIpc) is 2.86. The molecule has 4 rings (SSSR count). The number of hydrogen-bond donors (Lipinski definition) is 3. The molecule has 3 aromatic rings. The molecule has 192 valence electrons. The fraction of sp³-hybridized carbons (Fsp3) is 0.200. The maximum Gasteiger partial charge on any atom is 0.283 e. The first kappa shape index (κ1) is 25.8. The van der Waals surface area contributed by atoms with Gasteiger partial charge in [-0.05, 0) is 36.4 Å². The summed E-state index contributed by atoms with van der Waals surface area (Å²) in [5.41, 5.74) is 1.76. The van der Waals surface area contributed by atoms with Gasteiger partial charge in [-0.1, -0.05) is 24.2 Å². The van der Waals surface area contributed by atoms with Crippen LogP contribution in [0.5, 0.6) is 0 Å². The minimum absolute atomic E-state index is 0.0130. The molecule has 37 heavy (non-hydrogen) atoms. The zero-order valence-corrected chi connectivity index (χ0v) is 20.6. The Morgan fingerprint density at radius 3 is 2.41 bits per heavy atom. The third-order valence-corrected chi connectivity index (χ3v) is 5.92. The van der Waals surface area contributed by atoms with E-state index in [9.17, 15) is 18.4 Å². The molecule has 0 spiro atoms. The van der Waals surface area contributed by atoms with Crippen molar-refractivity contribution in [3.8, 4) is 0 Å². The van der Waals surface area contributed by atoms with Crippen LogP contribution in [0.4, 0.5) is 43.3 Å². The van der Waals surface area contributed by atoms with Crippen molar-refractivity contribution in [3.05, 3.63) is 71.9 Å². The number of carbonyl (C=O) groups is 2. The third-order valence-electron chi connectivity index (χ3n) is 5.64. The van der Waals surface area contributed by atoms with Crippen LogP contribution < -0.4 is 20.9 Å². The Morgan fingerprint density at radius 2 is 1.73 bits per heavy atom. The van der Waals surface area contributed by atoms with Crippen molar-refractivity contribution in [3.63, 3.8) is 0 Å². The molecule has 0 aliphatic carbocycles. The molecule has 12 heteroatoms. The van der Waals surface area contributed by atoms with Crippen LogP contribution in [0.3, 0.4) is 0 Å². The summed E-state index contributed by atoms with van der Waals surface area (Å²) in [6.45, 7) is 6.68. The molecule has 0 saturated carbocycles. The van der Waals surface area contributed by atoms with Crippen LogP contribution in [0, 0.1) is 5.82 Å². The number of piperazine rings is 1. The molecule has 0 atom stereocenters. The van der Waals surface area contributed by atoms with E-state index in [1.165, 1.54) is 19.2 Å². The quantitative estimate of drug-likeness (QED) is 0.378. The van der Waals surface area contributed by atoms with Crippen LogP contribution in [0.25, 0.3) is 0 Å². The van der Waals surface area contributed by atoms with Crippen LogP contribution in [-0.4, -0.2) is 52.9 Å². The molecule has 0 radical (unpaired) electrons. The fourth-order valence-corrected chi connectivity index (χ4v) is 3.90. The van der Waals surface area contributed by atoms with Gasteiger partial charge in [0.2, 0.25) is 11.9 Å². The summed E-state index contributed by atoms with van der Waals surface area (Å²) in [5.74, 6) is -2.01. The monoisotopic (exact) mass is 527 g/mol. The number of carbonyl (C=O) groups excluding carboxylic acids is 2. The molecule has 3 N–H and O–H groups in total. The number of halogens is 3. The highest BCUT2D eigenvalue weighted by Gasteiger charge is 2.21. The Kier molecular flexibility index (Phi) is 7.83. The lowest BCUT2D eigenvalue weighted by Crippen LogP contribution is -2.48. The average molecular weight is 528 g/mol. The molecule has 1 fully saturated rings. The van der Waals surface area contributed by atoms with Crippen molar-refractivity contribution in [2.24, 2.45) is 0 Å². The maximum absolute atomic E-state index is 14.9. The van der Waals surface area contributed by atoms with E-state index in [2.05, 4.69) is 32.5 Å². The van der Waals surface area contributed by atoms with E-state index < -0.39 is 17.6 Å². The number of benzene rings is 2. The first-order valence-corrected chi connectivity index (χ1v) is 11.7. The molecule has 0 unspecified atom stereocenters. The predicted molar refractivity (Wildman–Crippen MR) is 140 cm³/mol. The van der Waals surface area contributed by atoms with Crippen molar-refractivity contribution in [2.45, 2.75) is 6.92 Å². The molecule has 1 saturated heterocycles. The van der Waals surface area contributed by atoms with E-state index in [1.54, 1.807) is 41.3 Å². The summed E-state index contributed by atoms with van der Waals surface area (Å²) in [6, 6.07) is 11.2. The highest BCUT2D eigenvalue weighted by molar-refractivity contribution is 6.32. The Morgan fingerprint density at radius 1 is 1.03 bits per heavy atom. The van der Waals surface area contributed by atoms with Gasteiger partial charge in [0.15, 0.2) is 11.6 Å². The molecule has 9 nitrogen and oxygen atoms in total. The van der Waals surface area contributed by atoms with E-state index in [-0.39, 0.29) is 22.7 Å². The van der Waals surface area contributed by atoms with Gasteiger partial charge in [0.05, 0.1) is 11.9 Å². The lowest BCUT2D eigenvalue weighted by atomic mass is 10.2. The Hall–Kier alpha value is -4.25. The Bertz CT molecular complexity index is 1350. The van der Waals surface area contributed by atoms with Crippen LogP contribution in [-0.2, 0) is 9.59 Å². The molecular formula is C25H24ClF2N7O2. The summed E-state index contributed by atoms with van der Waals surface area (Å²) >= 11 is 6.24. The minimum Gasteiger partial charge on any atom is -0.366 e. The highest BCUT2D eigenvalue weighted by Crippen LogP contribution is 2.28. The van der Waals surface area contributed by atoms with E-state index in [0.29, 0.717) is 48.9 Å². The zero-order valence-electron chi connectivity index (χ0n) is 19.9. The largest absolute Gasteiger partial charge is 0.366 e. The molecule has 2 heterocycles. The number of hydrogen-bond acceptors (Lipinski definition) is 7. The van der Waals surface area contributed by atoms with Gasteiger partial charge in [-0.2, -0.15) is 4.98 Å². The number of nitrogens with one attached hydrogen (secondary N) is 3. The van der Waals surface area contributed by atoms with E-state index >= 15 is 0 Å². The second kappa shape index (κ2) is 11.2. The summed E-state index contributed by atoms with van der Waals surface area (Å²) in [7, 11) is 0. The van der Waals surface area contributed by atoms with Crippen molar-refractivity contribution in [1.82, 2.24) is 14.9 Å². The molecule has 1 aliphatic heterocycles. The Balaban J connectivity index is 1.45. The van der Waals surface area contributed by atoms with Crippen molar-refractivity contribution >= 4 is 57.9 Å². The van der Waals surface area contributed by atoms with Gasteiger partial charge in [-0.15, -0.1) is 0 Å². The summed E-state index contributed by atoms with van der Waals surface area (Å²) < 4.78 is 27.9. The molecule has 1 aliphatic rings. The van der Waals surface area contributed by atoms with E-state index in [4.69, 9.17) is 11.6 Å². The second-order valence-electron chi connectivity index (χ2n) is 8.24. The Labute approximate surface area is 217 Å².